The van der Waals surface area contributed by atoms with Gasteiger partial charge in [0.15, 0.2) is 0 Å². The normalized spacial score (nSPS) is 22.0. The number of aliphatic hydroxyl groups is 1. The van der Waals surface area contributed by atoms with Gasteiger partial charge in [0.05, 0.1) is 0 Å². The monoisotopic (exact) mass is 256 g/mol. The fourth-order valence-corrected chi connectivity index (χ4v) is 2.70. The van der Waals surface area contributed by atoms with Gasteiger partial charge in [-0.25, -0.2) is 0 Å². The minimum atomic E-state index is 0.294. The Bertz CT molecular complexity index is 213. The Morgan fingerprint density at radius 1 is 1.28 bits per heavy atom. The van der Waals surface area contributed by atoms with Crippen LogP contribution in [0.4, 0.5) is 0 Å². The fourth-order valence-electron chi connectivity index (χ4n) is 2.70. The second kappa shape index (κ2) is 8.13. The summed E-state index contributed by atoms with van der Waals surface area (Å²) < 4.78 is 0. The van der Waals surface area contributed by atoms with Crippen LogP contribution < -0.4 is 5.32 Å². The summed E-state index contributed by atoms with van der Waals surface area (Å²) in [6, 6.07) is 0.459. The molecule has 0 bridgehead atoms. The van der Waals surface area contributed by atoms with Crippen LogP contribution in [-0.4, -0.2) is 48.8 Å². The van der Waals surface area contributed by atoms with E-state index in [1.165, 1.54) is 32.4 Å². The van der Waals surface area contributed by atoms with E-state index in [-0.39, 0.29) is 0 Å². The van der Waals surface area contributed by atoms with Crippen LogP contribution in [0.3, 0.4) is 0 Å². The third kappa shape index (κ3) is 5.25. The van der Waals surface area contributed by atoms with E-state index in [2.05, 4.69) is 31.0 Å². The Balaban J connectivity index is 2.32. The van der Waals surface area contributed by atoms with E-state index in [4.69, 9.17) is 5.11 Å². The third-order valence-corrected chi connectivity index (χ3v) is 4.56. The molecule has 1 saturated heterocycles. The maximum Gasteiger partial charge on any atom is 0.0446 e. The van der Waals surface area contributed by atoms with E-state index in [0.717, 1.165) is 25.9 Å². The molecule has 1 rings (SSSR count). The van der Waals surface area contributed by atoms with Gasteiger partial charge in [-0.3, -0.25) is 0 Å². The van der Waals surface area contributed by atoms with Crippen LogP contribution in [0.2, 0.25) is 0 Å². The quantitative estimate of drug-likeness (QED) is 0.699. The Kier molecular flexibility index (Phi) is 7.20. The van der Waals surface area contributed by atoms with Crippen LogP contribution in [-0.2, 0) is 0 Å². The standard InChI is InChI=1S/C15H32N2O/c1-4-9-16-14(6-12-18)13-17-10-7-15(3,5-2)8-11-17/h14,16,18H,4-13H2,1-3H3. The van der Waals surface area contributed by atoms with Gasteiger partial charge >= 0.3 is 0 Å². The van der Waals surface area contributed by atoms with Crippen molar-refractivity contribution < 1.29 is 5.11 Å². The van der Waals surface area contributed by atoms with Crippen LogP contribution in [0.5, 0.6) is 0 Å². The minimum absolute atomic E-state index is 0.294. The van der Waals surface area contributed by atoms with Gasteiger partial charge in [0.2, 0.25) is 0 Å². The zero-order chi connectivity index (χ0) is 13.4. The van der Waals surface area contributed by atoms with Crippen molar-refractivity contribution in [2.24, 2.45) is 5.41 Å². The summed E-state index contributed by atoms with van der Waals surface area (Å²) in [5.41, 5.74) is 0.569. The fraction of sp³-hybridized carbons (Fsp3) is 1.00. The maximum absolute atomic E-state index is 9.13. The number of piperidine rings is 1. The smallest absolute Gasteiger partial charge is 0.0446 e. The van der Waals surface area contributed by atoms with Gasteiger partial charge in [-0.05, 0) is 50.7 Å². The van der Waals surface area contributed by atoms with Crippen molar-refractivity contribution in [3.8, 4) is 0 Å². The predicted molar refractivity (Wildman–Crippen MR) is 77.9 cm³/mol. The van der Waals surface area contributed by atoms with Gasteiger partial charge in [0.1, 0.15) is 0 Å². The minimum Gasteiger partial charge on any atom is -0.396 e. The van der Waals surface area contributed by atoms with Crippen molar-refractivity contribution in [2.45, 2.75) is 58.9 Å². The Morgan fingerprint density at radius 2 is 1.94 bits per heavy atom. The molecule has 0 spiro atoms. The molecule has 0 aromatic carbocycles. The summed E-state index contributed by atoms with van der Waals surface area (Å²) in [6.45, 7) is 11.8. The van der Waals surface area contributed by atoms with E-state index in [1.54, 1.807) is 0 Å². The second-order valence-electron chi connectivity index (χ2n) is 6.13. The number of likely N-dealkylation sites (tertiary alicyclic amines) is 1. The number of hydrogen-bond acceptors (Lipinski definition) is 3. The highest BCUT2D eigenvalue weighted by Crippen LogP contribution is 2.33. The maximum atomic E-state index is 9.13. The first kappa shape index (κ1) is 15.9. The molecule has 0 radical (unpaired) electrons. The number of nitrogens with zero attached hydrogens (tertiary/aromatic N) is 1. The summed E-state index contributed by atoms with van der Waals surface area (Å²) in [7, 11) is 0. The van der Waals surface area contributed by atoms with Crippen LogP contribution >= 0.6 is 0 Å². The molecule has 0 aromatic rings. The summed E-state index contributed by atoms with van der Waals surface area (Å²) in [4.78, 5) is 2.57. The SMILES string of the molecule is CCCNC(CCO)CN1CCC(C)(CC)CC1. The zero-order valence-electron chi connectivity index (χ0n) is 12.5. The molecule has 0 amide bonds. The molecule has 0 aromatic heterocycles. The summed E-state index contributed by atoms with van der Waals surface area (Å²) in [5, 5.41) is 12.7. The van der Waals surface area contributed by atoms with Crippen LogP contribution in [0, 0.1) is 5.41 Å². The molecule has 1 atom stereocenters. The first-order chi connectivity index (χ1) is 8.63. The molecule has 1 heterocycles. The van der Waals surface area contributed by atoms with Crippen molar-refractivity contribution >= 4 is 0 Å². The number of aliphatic hydroxyl groups excluding tert-OH is 1. The lowest BCUT2D eigenvalue weighted by Crippen LogP contribution is -2.46. The van der Waals surface area contributed by atoms with Crippen LogP contribution in [0.25, 0.3) is 0 Å². The lowest BCUT2D eigenvalue weighted by atomic mass is 9.78. The van der Waals surface area contributed by atoms with E-state index < -0.39 is 0 Å². The summed E-state index contributed by atoms with van der Waals surface area (Å²) in [5.74, 6) is 0. The van der Waals surface area contributed by atoms with Crippen molar-refractivity contribution in [3.05, 3.63) is 0 Å². The second-order valence-corrected chi connectivity index (χ2v) is 6.13. The van der Waals surface area contributed by atoms with Crippen LogP contribution in [0.1, 0.15) is 52.9 Å². The molecule has 1 aliphatic heterocycles. The lowest BCUT2D eigenvalue weighted by molar-refractivity contribution is 0.102. The van der Waals surface area contributed by atoms with Gasteiger partial charge < -0.3 is 15.3 Å². The Labute approximate surface area is 113 Å². The predicted octanol–water partition coefficient (Wildman–Crippen LogP) is 2.25. The highest BCUT2D eigenvalue weighted by Gasteiger charge is 2.28. The Hall–Kier alpha value is -0.120. The lowest BCUT2D eigenvalue weighted by Gasteiger charge is -2.40. The number of hydrogen-bond donors (Lipinski definition) is 2. The number of nitrogens with one attached hydrogen (secondary N) is 1. The molecule has 3 nitrogen and oxygen atoms in total. The molecule has 18 heavy (non-hydrogen) atoms. The molecule has 1 aliphatic rings. The molecule has 3 heteroatoms. The largest absolute Gasteiger partial charge is 0.396 e. The van der Waals surface area contributed by atoms with Gasteiger partial charge in [-0.2, -0.15) is 0 Å². The molecule has 0 aliphatic carbocycles. The number of rotatable bonds is 8. The van der Waals surface area contributed by atoms with E-state index in [0.29, 0.717) is 18.1 Å². The van der Waals surface area contributed by atoms with Crippen molar-refractivity contribution in [2.75, 3.05) is 32.8 Å². The summed E-state index contributed by atoms with van der Waals surface area (Å²) >= 11 is 0. The first-order valence-corrected chi connectivity index (χ1v) is 7.70. The molecular formula is C15H32N2O. The Morgan fingerprint density at radius 3 is 2.44 bits per heavy atom. The van der Waals surface area contributed by atoms with Gasteiger partial charge in [0.25, 0.3) is 0 Å². The van der Waals surface area contributed by atoms with E-state index >= 15 is 0 Å². The zero-order valence-corrected chi connectivity index (χ0v) is 12.5. The van der Waals surface area contributed by atoms with Crippen LogP contribution in [0.15, 0.2) is 0 Å². The highest BCUT2D eigenvalue weighted by molar-refractivity contribution is 4.83. The van der Waals surface area contributed by atoms with Crippen molar-refractivity contribution in [1.29, 1.82) is 0 Å². The average molecular weight is 256 g/mol. The molecule has 2 N–H and O–H groups in total. The summed E-state index contributed by atoms with van der Waals surface area (Å²) in [6.07, 6.45) is 5.98. The third-order valence-electron chi connectivity index (χ3n) is 4.56. The van der Waals surface area contributed by atoms with E-state index in [9.17, 15) is 0 Å². The van der Waals surface area contributed by atoms with Crippen molar-refractivity contribution in [1.82, 2.24) is 10.2 Å². The first-order valence-electron chi connectivity index (χ1n) is 7.70. The molecule has 1 fully saturated rings. The molecule has 0 saturated carbocycles. The average Bonchev–Trinajstić information content (AvgIpc) is 2.39. The highest BCUT2D eigenvalue weighted by atomic mass is 16.3. The molecule has 108 valence electrons. The van der Waals surface area contributed by atoms with Gasteiger partial charge in [0, 0.05) is 19.2 Å². The van der Waals surface area contributed by atoms with E-state index in [1.807, 2.05) is 0 Å². The van der Waals surface area contributed by atoms with Crippen molar-refractivity contribution in [3.63, 3.8) is 0 Å². The topological polar surface area (TPSA) is 35.5 Å². The van der Waals surface area contributed by atoms with Gasteiger partial charge in [-0.1, -0.05) is 27.2 Å². The molecular weight excluding hydrogens is 224 g/mol. The van der Waals surface area contributed by atoms with Gasteiger partial charge in [-0.15, -0.1) is 0 Å². The molecule has 1 unspecified atom stereocenters.